The molecule has 2 aromatic heterocycles. The Balaban J connectivity index is 1.41. The van der Waals surface area contributed by atoms with Gasteiger partial charge in [-0.15, -0.1) is 0 Å². The number of piperazine rings is 1. The molecule has 0 aromatic carbocycles. The van der Waals surface area contributed by atoms with Crippen LogP contribution in [0.4, 0.5) is 22.1 Å². The summed E-state index contributed by atoms with van der Waals surface area (Å²) in [5.74, 6) is 1.60. The number of nitrogens with zero attached hydrogens (tertiary/aromatic N) is 4. The number of rotatable bonds is 8. The van der Waals surface area contributed by atoms with E-state index in [4.69, 9.17) is 10.1 Å². The molecule has 11 nitrogen and oxygen atoms in total. The number of ether oxygens (including phenoxy) is 1. The molecular weight excluding hydrogens is 508 g/mol. The topological polar surface area (TPSA) is 128 Å². The highest BCUT2D eigenvalue weighted by Gasteiger charge is 2.31. The Labute approximate surface area is 236 Å². The molecule has 2 fully saturated rings. The minimum atomic E-state index is -0.521. The van der Waals surface area contributed by atoms with Crippen LogP contribution in [-0.2, 0) is 4.74 Å². The molecule has 0 spiro atoms. The zero-order valence-corrected chi connectivity index (χ0v) is 24.2. The van der Waals surface area contributed by atoms with Gasteiger partial charge in [0, 0.05) is 50.5 Å². The zero-order chi connectivity index (χ0) is 29.0. The molecule has 40 heavy (non-hydrogen) atoms. The van der Waals surface area contributed by atoms with Crippen LogP contribution in [0.15, 0.2) is 36.8 Å². The molecule has 2 amide bonds. The van der Waals surface area contributed by atoms with E-state index in [0.717, 1.165) is 31.4 Å². The fraction of sp³-hybridized carbons (Fsp3) is 0.517. The monoisotopic (exact) mass is 550 g/mol. The van der Waals surface area contributed by atoms with Gasteiger partial charge < -0.3 is 40.5 Å². The largest absolute Gasteiger partial charge is 0.444 e. The van der Waals surface area contributed by atoms with E-state index in [1.54, 1.807) is 24.2 Å². The molecule has 0 unspecified atom stereocenters. The van der Waals surface area contributed by atoms with Gasteiger partial charge >= 0.3 is 6.09 Å². The van der Waals surface area contributed by atoms with Crippen LogP contribution in [0.3, 0.4) is 0 Å². The molecule has 1 saturated heterocycles. The lowest BCUT2D eigenvalue weighted by Gasteiger charge is -2.41. The van der Waals surface area contributed by atoms with Crippen LogP contribution in [0.5, 0.6) is 0 Å². The number of hydrogen-bond donors (Lipinski definition) is 4. The first kappa shape index (κ1) is 29.0. The third-order valence-corrected chi connectivity index (χ3v) is 7.29. The lowest BCUT2D eigenvalue weighted by atomic mass is 10.1. The van der Waals surface area contributed by atoms with Gasteiger partial charge in [-0.3, -0.25) is 4.79 Å². The van der Waals surface area contributed by atoms with Gasteiger partial charge in [0.1, 0.15) is 28.8 Å². The normalized spacial score (nSPS) is 17.9. The molecule has 4 N–H and O–H groups in total. The summed E-state index contributed by atoms with van der Waals surface area (Å²) in [6.07, 6.45) is 6.97. The molecule has 0 radical (unpaired) electrons. The number of nitrogens with one attached hydrogen (secondary N) is 4. The molecular formula is C29H42N8O3. The van der Waals surface area contributed by atoms with Gasteiger partial charge in [0.05, 0.1) is 11.9 Å². The Hall–Kier alpha value is -4.02. The number of hydrogen-bond acceptors (Lipinski definition) is 8. The lowest BCUT2D eigenvalue weighted by Crippen LogP contribution is -2.55. The van der Waals surface area contributed by atoms with E-state index in [9.17, 15) is 9.59 Å². The van der Waals surface area contributed by atoms with Crippen molar-refractivity contribution in [3.8, 4) is 0 Å². The average molecular weight is 551 g/mol. The highest BCUT2D eigenvalue weighted by Crippen LogP contribution is 2.36. The standard InChI is InChI=1S/C29H42N8O3/c1-19-18-35(13-14-36(19)28(39)40-29(3,4)5)23-11-12-25(32-17-23)33-20(2)34-26-21(16-30)15-24(27(38)31-6)37(26)22-9-7-8-10-22/h11-12,15-17,19,22,30,34H,2,7-10,13-14,18H2,1,3-6H3,(H,31,38)(H,32,33)/t19-/m0/s1. The van der Waals surface area contributed by atoms with Crippen molar-refractivity contribution in [3.63, 3.8) is 0 Å². The highest BCUT2D eigenvalue weighted by atomic mass is 16.6. The van der Waals surface area contributed by atoms with Crippen LogP contribution in [-0.4, -0.2) is 71.0 Å². The summed E-state index contributed by atoms with van der Waals surface area (Å²) in [5.41, 5.74) is 1.60. The smallest absolute Gasteiger partial charge is 0.410 e. The Kier molecular flexibility index (Phi) is 8.70. The second-order valence-electron chi connectivity index (χ2n) is 11.5. The van der Waals surface area contributed by atoms with E-state index < -0.39 is 5.60 Å². The molecule has 1 saturated carbocycles. The maximum atomic E-state index is 12.6. The van der Waals surface area contributed by atoms with Crippen molar-refractivity contribution < 1.29 is 14.3 Å². The van der Waals surface area contributed by atoms with Crippen molar-refractivity contribution in [3.05, 3.63) is 48.1 Å². The SMILES string of the molecule is C=C(Nc1ccc(N2CCN(C(=O)OC(C)(C)C)[C@@H](C)C2)cn1)Nc1c(C=N)cc(C(=O)NC)n1C1CCCC1. The summed E-state index contributed by atoms with van der Waals surface area (Å²) in [6, 6.07) is 5.82. The van der Waals surface area contributed by atoms with Crippen molar-refractivity contribution in [2.45, 2.75) is 71.1 Å². The van der Waals surface area contributed by atoms with E-state index in [1.165, 1.54) is 6.21 Å². The fourth-order valence-corrected chi connectivity index (χ4v) is 5.39. The van der Waals surface area contributed by atoms with Crippen LogP contribution in [0, 0.1) is 5.41 Å². The molecule has 2 aliphatic rings. The Morgan fingerprint density at radius 2 is 1.90 bits per heavy atom. The summed E-state index contributed by atoms with van der Waals surface area (Å²) in [7, 11) is 1.61. The minimum Gasteiger partial charge on any atom is -0.444 e. The summed E-state index contributed by atoms with van der Waals surface area (Å²) in [4.78, 5) is 33.7. The van der Waals surface area contributed by atoms with Crippen molar-refractivity contribution in [1.82, 2.24) is 19.8 Å². The van der Waals surface area contributed by atoms with Gasteiger partial charge in [-0.25, -0.2) is 9.78 Å². The van der Waals surface area contributed by atoms with Crippen LogP contribution in [0.1, 0.15) is 75.5 Å². The summed E-state index contributed by atoms with van der Waals surface area (Å²) >= 11 is 0. The molecule has 11 heteroatoms. The number of amides is 2. The molecule has 1 aliphatic carbocycles. The van der Waals surface area contributed by atoms with Gasteiger partial charge in [-0.05, 0) is 58.7 Å². The van der Waals surface area contributed by atoms with Gasteiger partial charge in [-0.2, -0.15) is 0 Å². The number of anilines is 3. The first-order chi connectivity index (χ1) is 19.0. The number of carbonyl (C=O) groups excluding carboxylic acids is 2. The van der Waals surface area contributed by atoms with Gasteiger partial charge in [0.15, 0.2) is 0 Å². The third kappa shape index (κ3) is 6.57. The van der Waals surface area contributed by atoms with E-state index in [0.29, 0.717) is 48.3 Å². The van der Waals surface area contributed by atoms with Crippen LogP contribution in [0.25, 0.3) is 0 Å². The molecule has 2 aromatic rings. The minimum absolute atomic E-state index is 0.00389. The molecule has 0 bridgehead atoms. The van der Waals surface area contributed by atoms with E-state index in [2.05, 4.69) is 32.4 Å². The van der Waals surface area contributed by atoms with E-state index in [-0.39, 0.29) is 24.1 Å². The van der Waals surface area contributed by atoms with Crippen LogP contribution >= 0.6 is 0 Å². The van der Waals surface area contributed by atoms with Gasteiger partial charge in [-0.1, -0.05) is 19.4 Å². The number of aromatic nitrogens is 2. The number of pyridine rings is 1. The summed E-state index contributed by atoms with van der Waals surface area (Å²) in [6.45, 7) is 13.7. The van der Waals surface area contributed by atoms with E-state index >= 15 is 0 Å². The fourth-order valence-electron chi connectivity index (χ4n) is 5.39. The molecule has 4 rings (SSSR count). The second kappa shape index (κ2) is 12.0. The summed E-state index contributed by atoms with van der Waals surface area (Å²) in [5, 5.41) is 17.1. The van der Waals surface area contributed by atoms with Crippen molar-refractivity contribution >= 4 is 35.5 Å². The predicted octanol–water partition coefficient (Wildman–Crippen LogP) is 4.80. The molecule has 1 atom stereocenters. The van der Waals surface area contributed by atoms with Crippen molar-refractivity contribution in [2.24, 2.45) is 0 Å². The first-order valence-corrected chi connectivity index (χ1v) is 13.9. The van der Waals surface area contributed by atoms with Gasteiger partial charge in [0.25, 0.3) is 5.91 Å². The van der Waals surface area contributed by atoms with Crippen LogP contribution in [0.2, 0.25) is 0 Å². The zero-order valence-electron chi connectivity index (χ0n) is 24.2. The first-order valence-electron chi connectivity index (χ1n) is 13.9. The van der Waals surface area contributed by atoms with Crippen molar-refractivity contribution in [1.29, 1.82) is 5.41 Å². The second-order valence-corrected chi connectivity index (χ2v) is 11.5. The third-order valence-electron chi connectivity index (χ3n) is 7.29. The summed E-state index contributed by atoms with van der Waals surface area (Å²) < 4.78 is 7.56. The maximum absolute atomic E-state index is 12.6. The van der Waals surface area contributed by atoms with E-state index in [1.807, 2.05) is 44.4 Å². The Morgan fingerprint density at radius 1 is 1.18 bits per heavy atom. The quantitative estimate of drug-likeness (QED) is 0.348. The van der Waals surface area contributed by atoms with Crippen LogP contribution < -0.4 is 20.9 Å². The van der Waals surface area contributed by atoms with Crippen molar-refractivity contribution in [2.75, 3.05) is 42.2 Å². The highest BCUT2D eigenvalue weighted by molar-refractivity contribution is 5.98. The Bertz CT molecular complexity index is 1240. The van der Waals surface area contributed by atoms with Gasteiger partial charge in [0.2, 0.25) is 0 Å². The predicted molar refractivity (Wildman–Crippen MR) is 158 cm³/mol. The molecule has 1 aliphatic heterocycles. The molecule has 216 valence electrons. The Morgan fingerprint density at radius 3 is 2.48 bits per heavy atom. The average Bonchev–Trinajstić information content (AvgIpc) is 3.55. The number of carbonyl (C=O) groups is 2. The molecule has 3 heterocycles. The lowest BCUT2D eigenvalue weighted by molar-refractivity contribution is 0.0159. The maximum Gasteiger partial charge on any atom is 0.410 e.